The lowest BCUT2D eigenvalue weighted by atomic mass is 10.2. The van der Waals surface area contributed by atoms with Gasteiger partial charge in [0.25, 0.3) is 0 Å². The van der Waals surface area contributed by atoms with Crippen LogP contribution < -0.4 is 4.90 Å². The van der Waals surface area contributed by atoms with Gasteiger partial charge < -0.3 is 9.80 Å². The van der Waals surface area contributed by atoms with Gasteiger partial charge in [-0.15, -0.1) is 0 Å². The lowest BCUT2D eigenvalue weighted by Gasteiger charge is -2.36. The summed E-state index contributed by atoms with van der Waals surface area (Å²) in [5.74, 6) is 0.257. The van der Waals surface area contributed by atoms with Gasteiger partial charge in [-0.05, 0) is 24.6 Å². The van der Waals surface area contributed by atoms with Gasteiger partial charge in [0.1, 0.15) is 0 Å². The molecule has 1 saturated heterocycles. The van der Waals surface area contributed by atoms with E-state index in [2.05, 4.69) is 11.0 Å². The minimum Gasteiger partial charge on any atom is -0.368 e. The van der Waals surface area contributed by atoms with E-state index in [4.69, 9.17) is 5.26 Å². The highest BCUT2D eigenvalue weighted by Crippen LogP contribution is 2.18. The topological polar surface area (TPSA) is 47.3 Å². The zero-order valence-electron chi connectivity index (χ0n) is 11.3. The second-order valence-corrected chi connectivity index (χ2v) is 4.78. The van der Waals surface area contributed by atoms with E-state index in [-0.39, 0.29) is 5.91 Å². The first-order valence-corrected chi connectivity index (χ1v) is 6.77. The van der Waals surface area contributed by atoms with Crippen molar-refractivity contribution >= 4 is 11.6 Å². The number of benzene rings is 1. The summed E-state index contributed by atoms with van der Waals surface area (Å²) in [4.78, 5) is 16.0. The average molecular weight is 257 g/mol. The molecule has 1 aromatic rings. The monoisotopic (exact) mass is 257 g/mol. The Morgan fingerprint density at radius 2 is 2.05 bits per heavy atom. The molecule has 0 unspecified atom stereocenters. The molecule has 0 atom stereocenters. The van der Waals surface area contributed by atoms with Crippen LogP contribution in [0, 0.1) is 11.3 Å². The third-order valence-electron chi connectivity index (χ3n) is 3.44. The summed E-state index contributed by atoms with van der Waals surface area (Å²) in [7, 11) is 0. The number of piperazine rings is 1. The molecular weight excluding hydrogens is 238 g/mol. The zero-order chi connectivity index (χ0) is 13.7. The third-order valence-corrected chi connectivity index (χ3v) is 3.44. The summed E-state index contributed by atoms with van der Waals surface area (Å²) in [5, 5.41) is 8.91. The number of anilines is 1. The lowest BCUT2D eigenvalue weighted by Crippen LogP contribution is -2.48. The second kappa shape index (κ2) is 6.24. The second-order valence-electron chi connectivity index (χ2n) is 4.78. The summed E-state index contributed by atoms with van der Waals surface area (Å²) in [6, 6.07) is 9.80. The maximum atomic E-state index is 11.8. The maximum absolute atomic E-state index is 11.8. The van der Waals surface area contributed by atoms with Crippen molar-refractivity contribution in [3.8, 4) is 6.07 Å². The number of amides is 1. The Kier molecular flexibility index (Phi) is 4.40. The number of nitrogens with zero attached hydrogens (tertiary/aromatic N) is 3. The molecule has 19 heavy (non-hydrogen) atoms. The van der Waals surface area contributed by atoms with Crippen molar-refractivity contribution in [3.05, 3.63) is 29.8 Å². The highest BCUT2D eigenvalue weighted by atomic mass is 16.2. The summed E-state index contributed by atoms with van der Waals surface area (Å²) in [6.07, 6.45) is 1.55. The largest absolute Gasteiger partial charge is 0.368 e. The number of hydrogen-bond donors (Lipinski definition) is 0. The van der Waals surface area contributed by atoms with Gasteiger partial charge in [-0.2, -0.15) is 5.26 Å². The predicted molar refractivity (Wildman–Crippen MR) is 74.9 cm³/mol. The van der Waals surface area contributed by atoms with Gasteiger partial charge in [-0.3, -0.25) is 4.79 Å². The molecule has 1 aromatic carbocycles. The first-order valence-electron chi connectivity index (χ1n) is 6.77. The predicted octanol–water partition coefficient (Wildman–Crippen LogP) is 2.01. The third kappa shape index (κ3) is 3.25. The molecule has 0 N–H and O–H groups in total. The van der Waals surface area contributed by atoms with Crippen LogP contribution in [0.4, 0.5) is 5.69 Å². The van der Waals surface area contributed by atoms with E-state index in [1.54, 1.807) is 0 Å². The van der Waals surface area contributed by atoms with E-state index in [0.29, 0.717) is 12.0 Å². The standard InChI is InChI=1S/C15H19N3O/c1-2-4-15(19)18-9-7-17(8-10-18)14-6-3-5-13(11-14)12-16/h3,5-6,11H,2,4,7-10H2,1H3. The minimum absolute atomic E-state index is 0.257. The Morgan fingerprint density at radius 1 is 1.32 bits per heavy atom. The molecule has 0 radical (unpaired) electrons. The van der Waals surface area contributed by atoms with Crippen LogP contribution in [0.25, 0.3) is 0 Å². The van der Waals surface area contributed by atoms with Crippen LogP contribution >= 0.6 is 0 Å². The number of rotatable bonds is 3. The Bertz CT molecular complexity index is 484. The fraction of sp³-hybridized carbons (Fsp3) is 0.467. The summed E-state index contributed by atoms with van der Waals surface area (Å²) < 4.78 is 0. The fourth-order valence-electron chi connectivity index (χ4n) is 2.36. The number of nitriles is 1. The average Bonchev–Trinajstić information content (AvgIpc) is 2.48. The Hall–Kier alpha value is -2.02. The van der Waals surface area contributed by atoms with Crippen molar-refractivity contribution in [2.45, 2.75) is 19.8 Å². The molecule has 1 amide bonds. The highest BCUT2D eigenvalue weighted by Gasteiger charge is 2.20. The molecule has 1 aliphatic rings. The molecule has 0 saturated carbocycles. The molecule has 4 heteroatoms. The number of carbonyl (C=O) groups excluding carboxylic acids is 1. The molecule has 0 spiro atoms. The maximum Gasteiger partial charge on any atom is 0.222 e. The zero-order valence-corrected chi connectivity index (χ0v) is 11.3. The van der Waals surface area contributed by atoms with Gasteiger partial charge in [-0.1, -0.05) is 13.0 Å². The van der Waals surface area contributed by atoms with E-state index in [1.165, 1.54) is 0 Å². The van der Waals surface area contributed by atoms with Crippen LogP contribution in [0.3, 0.4) is 0 Å². The normalized spacial score (nSPS) is 15.2. The first-order chi connectivity index (χ1) is 9.24. The highest BCUT2D eigenvalue weighted by molar-refractivity contribution is 5.76. The molecule has 0 aromatic heterocycles. The van der Waals surface area contributed by atoms with Crippen LogP contribution in [0.1, 0.15) is 25.3 Å². The molecular formula is C15H19N3O. The van der Waals surface area contributed by atoms with Gasteiger partial charge in [0.15, 0.2) is 0 Å². The minimum atomic E-state index is 0.257. The van der Waals surface area contributed by atoms with Crippen LogP contribution in [0.2, 0.25) is 0 Å². The Balaban J connectivity index is 1.96. The molecule has 1 fully saturated rings. The fourth-order valence-corrected chi connectivity index (χ4v) is 2.36. The van der Waals surface area contributed by atoms with Crippen LogP contribution in [0.15, 0.2) is 24.3 Å². The molecule has 1 heterocycles. The van der Waals surface area contributed by atoms with Crippen LogP contribution in [-0.2, 0) is 4.79 Å². The summed E-state index contributed by atoms with van der Waals surface area (Å²) in [5.41, 5.74) is 1.75. The summed E-state index contributed by atoms with van der Waals surface area (Å²) >= 11 is 0. The van der Waals surface area contributed by atoms with E-state index in [9.17, 15) is 4.79 Å². The van der Waals surface area contributed by atoms with E-state index < -0.39 is 0 Å². The van der Waals surface area contributed by atoms with Gasteiger partial charge in [0.2, 0.25) is 5.91 Å². The SMILES string of the molecule is CCCC(=O)N1CCN(c2cccc(C#N)c2)CC1. The van der Waals surface area contributed by atoms with E-state index in [0.717, 1.165) is 38.3 Å². The number of hydrogen-bond acceptors (Lipinski definition) is 3. The van der Waals surface area contributed by atoms with Crippen molar-refractivity contribution in [1.82, 2.24) is 4.90 Å². The van der Waals surface area contributed by atoms with Crippen molar-refractivity contribution in [1.29, 1.82) is 5.26 Å². The molecule has 2 rings (SSSR count). The molecule has 0 aliphatic carbocycles. The van der Waals surface area contributed by atoms with Crippen molar-refractivity contribution in [2.75, 3.05) is 31.1 Å². The van der Waals surface area contributed by atoms with Gasteiger partial charge in [-0.25, -0.2) is 0 Å². The van der Waals surface area contributed by atoms with E-state index >= 15 is 0 Å². The molecule has 0 bridgehead atoms. The van der Waals surface area contributed by atoms with Gasteiger partial charge in [0, 0.05) is 38.3 Å². The summed E-state index contributed by atoms with van der Waals surface area (Å²) in [6.45, 7) is 5.25. The van der Waals surface area contributed by atoms with Crippen molar-refractivity contribution in [3.63, 3.8) is 0 Å². The Morgan fingerprint density at radius 3 is 2.68 bits per heavy atom. The van der Waals surface area contributed by atoms with Crippen molar-refractivity contribution < 1.29 is 4.79 Å². The first kappa shape index (κ1) is 13.4. The van der Waals surface area contributed by atoms with Crippen LogP contribution in [0.5, 0.6) is 0 Å². The molecule has 100 valence electrons. The molecule has 1 aliphatic heterocycles. The van der Waals surface area contributed by atoms with Gasteiger partial charge in [0.05, 0.1) is 11.6 Å². The van der Waals surface area contributed by atoms with Crippen LogP contribution in [-0.4, -0.2) is 37.0 Å². The Labute approximate surface area is 114 Å². The molecule has 4 nitrogen and oxygen atoms in total. The van der Waals surface area contributed by atoms with Gasteiger partial charge >= 0.3 is 0 Å². The van der Waals surface area contributed by atoms with Crippen molar-refractivity contribution in [2.24, 2.45) is 0 Å². The smallest absolute Gasteiger partial charge is 0.222 e. The van der Waals surface area contributed by atoms with E-state index in [1.807, 2.05) is 36.1 Å². The number of carbonyl (C=O) groups is 1. The quantitative estimate of drug-likeness (QED) is 0.832. The lowest BCUT2D eigenvalue weighted by molar-refractivity contribution is -0.131.